The maximum absolute atomic E-state index is 5.52. The monoisotopic (exact) mass is 499 g/mol. The third-order valence-electron chi connectivity index (χ3n) is 2.32. The highest BCUT2D eigenvalue weighted by molar-refractivity contribution is 9.13. The van der Waals surface area contributed by atoms with E-state index in [1.54, 1.807) is 0 Å². The van der Waals surface area contributed by atoms with Gasteiger partial charge in [0.05, 0.1) is 16.7 Å². The van der Waals surface area contributed by atoms with Gasteiger partial charge in [0.2, 0.25) is 0 Å². The first-order valence-corrected chi connectivity index (χ1v) is 8.28. The van der Waals surface area contributed by atoms with Crippen molar-refractivity contribution < 1.29 is 4.42 Å². The number of halogens is 4. The van der Waals surface area contributed by atoms with Crippen LogP contribution in [0.3, 0.4) is 0 Å². The molecule has 96 valence electrons. The first-order valence-electron chi connectivity index (χ1n) is 5.10. The Morgan fingerprint density at radius 2 is 1.61 bits per heavy atom. The SMILES string of the molecule is Cc1cc(Br)c(NCc2cc(Br)c(Br)o2)c(Br)c1. The summed E-state index contributed by atoms with van der Waals surface area (Å²) in [4.78, 5) is 0. The summed E-state index contributed by atoms with van der Waals surface area (Å²) in [5.41, 5.74) is 2.21. The first kappa shape index (κ1) is 14.6. The zero-order valence-corrected chi connectivity index (χ0v) is 15.7. The molecule has 1 N–H and O–H groups in total. The number of benzene rings is 1. The lowest BCUT2D eigenvalue weighted by molar-refractivity contribution is 0.494. The smallest absolute Gasteiger partial charge is 0.183 e. The van der Waals surface area contributed by atoms with E-state index in [-0.39, 0.29) is 0 Å². The van der Waals surface area contributed by atoms with E-state index in [4.69, 9.17) is 4.42 Å². The largest absolute Gasteiger partial charge is 0.451 e. The summed E-state index contributed by atoms with van der Waals surface area (Å²) in [5.74, 6) is 0.855. The summed E-state index contributed by atoms with van der Waals surface area (Å²) < 4.78 is 9.20. The predicted octanol–water partition coefficient (Wildman–Crippen LogP) is 6.25. The molecule has 18 heavy (non-hydrogen) atoms. The number of furan rings is 1. The molecule has 1 aromatic carbocycles. The Bertz CT molecular complexity index is 537. The van der Waals surface area contributed by atoms with E-state index >= 15 is 0 Å². The Kier molecular flexibility index (Phi) is 4.97. The molecule has 0 bridgehead atoms. The Labute approximate surface area is 139 Å². The van der Waals surface area contributed by atoms with Gasteiger partial charge >= 0.3 is 0 Å². The first-order chi connectivity index (χ1) is 8.47. The number of anilines is 1. The second kappa shape index (κ2) is 6.11. The van der Waals surface area contributed by atoms with Crippen LogP contribution < -0.4 is 5.32 Å². The molecule has 0 radical (unpaired) electrons. The number of aryl methyl sites for hydroxylation is 1. The van der Waals surface area contributed by atoms with Crippen LogP contribution in [0.5, 0.6) is 0 Å². The van der Waals surface area contributed by atoms with Gasteiger partial charge in [-0.1, -0.05) is 0 Å². The lowest BCUT2D eigenvalue weighted by Gasteiger charge is -2.10. The fourth-order valence-corrected chi connectivity index (χ4v) is 3.88. The van der Waals surface area contributed by atoms with Crippen LogP contribution in [-0.2, 0) is 6.54 Å². The van der Waals surface area contributed by atoms with E-state index in [1.807, 2.05) is 6.07 Å². The molecule has 1 heterocycles. The standard InChI is InChI=1S/C12H9Br4NO/c1-6-2-8(13)11(9(14)3-6)17-5-7-4-10(15)12(16)18-7/h2-4,17H,5H2,1H3. The van der Waals surface area contributed by atoms with Gasteiger partial charge in [-0.15, -0.1) is 0 Å². The summed E-state index contributed by atoms with van der Waals surface area (Å²) in [6.07, 6.45) is 0. The lowest BCUT2D eigenvalue weighted by atomic mass is 10.2. The van der Waals surface area contributed by atoms with Crippen LogP contribution in [0.15, 0.2) is 40.7 Å². The molecule has 0 atom stereocenters. The van der Waals surface area contributed by atoms with Crippen LogP contribution in [0.2, 0.25) is 0 Å². The Hall–Kier alpha value is 0.220. The second-order valence-electron chi connectivity index (χ2n) is 3.79. The third-order valence-corrected chi connectivity index (χ3v) is 5.28. The molecule has 0 amide bonds. The fourth-order valence-electron chi connectivity index (χ4n) is 1.52. The summed E-state index contributed by atoms with van der Waals surface area (Å²) in [6.45, 7) is 2.67. The molecule has 0 aliphatic rings. The van der Waals surface area contributed by atoms with Crippen molar-refractivity contribution in [3.63, 3.8) is 0 Å². The van der Waals surface area contributed by atoms with E-state index in [2.05, 4.69) is 88.1 Å². The van der Waals surface area contributed by atoms with Crippen LogP contribution in [0.4, 0.5) is 5.69 Å². The highest BCUT2D eigenvalue weighted by Gasteiger charge is 2.09. The van der Waals surface area contributed by atoms with Gasteiger partial charge in [0.1, 0.15) is 5.76 Å². The maximum atomic E-state index is 5.52. The summed E-state index contributed by atoms with van der Waals surface area (Å²) in [6, 6.07) is 6.08. The molecule has 1 aromatic heterocycles. The van der Waals surface area contributed by atoms with E-state index in [1.165, 1.54) is 5.56 Å². The van der Waals surface area contributed by atoms with Crippen molar-refractivity contribution in [2.24, 2.45) is 0 Å². The zero-order chi connectivity index (χ0) is 13.3. The average Bonchev–Trinajstić information content (AvgIpc) is 2.56. The van der Waals surface area contributed by atoms with Gasteiger partial charge in [-0.25, -0.2) is 0 Å². The minimum Gasteiger partial charge on any atom is -0.451 e. The fraction of sp³-hybridized carbons (Fsp3) is 0.167. The topological polar surface area (TPSA) is 25.2 Å². The molecular formula is C12H9Br4NO. The normalized spacial score (nSPS) is 10.7. The molecule has 0 unspecified atom stereocenters. The molecule has 0 spiro atoms. The molecule has 0 aliphatic carbocycles. The highest BCUT2D eigenvalue weighted by Crippen LogP contribution is 2.33. The van der Waals surface area contributed by atoms with Crippen molar-refractivity contribution >= 4 is 69.4 Å². The molecule has 0 saturated carbocycles. The van der Waals surface area contributed by atoms with Gasteiger partial charge in [-0.05, 0) is 94.4 Å². The van der Waals surface area contributed by atoms with Gasteiger partial charge < -0.3 is 9.73 Å². The van der Waals surface area contributed by atoms with Crippen molar-refractivity contribution in [2.75, 3.05) is 5.32 Å². The van der Waals surface area contributed by atoms with Crippen molar-refractivity contribution in [1.82, 2.24) is 0 Å². The Morgan fingerprint density at radius 3 is 2.11 bits per heavy atom. The van der Waals surface area contributed by atoms with Crippen LogP contribution in [-0.4, -0.2) is 0 Å². The molecule has 6 heteroatoms. The molecule has 2 nitrogen and oxygen atoms in total. The Balaban J connectivity index is 2.15. The highest BCUT2D eigenvalue weighted by atomic mass is 79.9. The average molecular weight is 503 g/mol. The van der Waals surface area contributed by atoms with E-state index in [0.29, 0.717) is 11.2 Å². The van der Waals surface area contributed by atoms with Crippen LogP contribution in [0.25, 0.3) is 0 Å². The van der Waals surface area contributed by atoms with Gasteiger partial charge in [0, 0.05) is 8.95 Å². The van der Waals surface area contributed by atoms with Crippen molar-refractivity contribution in [1.29, 1.82) is 0 Å². The lowest BCUT2D eigenvalue weighted by Crippen LogP contribution is -2.00. The van der Waals surface area contributed by atoms with E-state index < -0.39 is 0 Å². The molecule has 2 rings (SSSR count). The minimum absolute atomic E-state index is 0.616. The summed E-state index contributed by atoms with van der Waals surface area (Å²) in [7, 11) is 0. The number of hydrogen-bond donors (Lipinski definition) is 1. The molecule has 0 fully saturated rings. The summed E-state index contributed by atoms with van der Waals surface area (Å²) >= 11 is 13.8. The number of nitrogens with one attached hydrogen (secondary N) is 1. The third kappa shape index (κ3) is 3.40. The molecule has 0 aliphatic heterocycles. The van der Waals surface area contributed by atoms with Gasteiger partial charge in [-0.3, -0.25) is 0 Å². The van der Waals surface area contributed by atoms with Gasteiger partial charge in [0.15, 0.2) is 4.67 Å². The molecule has 2 aromatic rings. The van der Waals surface area contributed by atoms with Crippen LogP contribution >= 0.6 is 63.7 Å². The van der Waals surface area contributed by atoms with Crippen LogP contribution in [0.1, 0.15) is 11.3 Å². The van der Waals surface area contributed by atoms with Crippen molar-refractivity contribution in [3.05, 3.63) is 47.6 Å². The molecule has 0 saturated heterocycles. The molecular weight excluding hydrogens is 494 g/mol. The van der Waals surface area contributed by atoms with E-state index in [9.17, 15) is 0 Å². The number of hydrogen-bond acceptors (Lipinski definition) is 2. The quantitative estimate of drug-likeness (QED) is 0.537. The van der Waals surface area contributed by atoms with Crippen molar-refractivity contribution in [2.45, 2.75) is 13.5 Å². The van der Waals surface area contributed by atoms with E-state index in [0.717, 1.165) is 24.9 Å². The second-order valence-corrected chi connectivity index (χ2v) is 7.07. The van der Waals surface area contributed by atoms with Gasteiger partial charge in [0.25, 0.3) is 0 Å². The Morgan fingerprint density at radius 1 is 1.00 bits per heavy atom. The maximum Gasteiger partial charge on any atom is 0.183 e. The predicted molar refractivity (Wildman–Crippen MR) is 88.0 cm³/mol. The van der Waals surface area contributed by atoms with Gasteiger partial charge in [-0.2, -0.15) is 0 Å². The number of rotatable bonds is 3. The minimum atomic E-state index is 0.616. The summed E-state index contributed by atoms with van der Waals surface area (Å²) in [5, 5.41) is 3.34. The van der Waals surface area contributed by atoms with Crippen molar-refractivity contribution in [3.8, 4) is 0 Å². The van der Waals surface area contributed by atoms with Crippen LogP contribution in [0, 0.1) is 6.92 Å². The zero-order valence-electron chi connectivity index (χ0n) is 9.36.